The van der Waals surface area contributed by atoms with Crippen LogP contribution in [-0.2, 0) is 9.84 Å². The van der Waals surface area contributed by atoms with Crippen LogP contribution in [0.15, 0.2) is 70.5 Å². The summed E-state index contributed by atoms with van der Waals surface area (Å²) in [6.07, 6.45) is 0. The summed E-state index contributed by atoms with van der Waals surface area (Å²) in [5.41, 5.74) is 4.80. The molecule has 30 heavy (non-hydrogen) atoms. The fraction of sp³-hybridized carbons (Fsp3) is 0. The molecule has 3 aromatic rings. The smallest absolute Gasteiger partial charge is 0.269 e. The van der Waals surface area contributed by atoms with Gasteiger partial charge >= 0.3 is 0 Å². The molecule has 0 saturated carbocycles. The predicted molar refractivity (Wildman–Crippen MR) is 109 cm³/mol. The summed E-state index contributed by atoms with van der Waals surface area (Å²) >= 11 is 5.69. The van der Waals surface area contributed by atoms with E-state index in [0.29, 0.717) is 0 Å². The van der Waals surface area contributed by atoms with Crippen molar-refractivity contribution in [3.05, 3.63) is 87.2 Å². The number of hydrogen-bond donors (Lipinski definition) is 2. The first-order valence-corrected chi connectivity index (χ1v) is 10.1. The number of anilines is 2. The summed E-state index contributed by atoms with van der Waals surface area (Å²) in [4.78, 5) is 22.2. The van der Waals surface area contributed by atoms with Gasteiger partial charge in [0.25, 0.3) is 11.6 Å². The van der Waals surface area contributed by atoms with E-state index in [1.807, 2.05) is 0 Å². The summed E-state index contributed by atoms with van der Waals surface area (Å²) in [5, 5.41) is 13.2. The lowest BCUT2D eigenvalue weighted by atomic mass is 10.1. The lowest BCUT2D eigenvalue weighted by Crippen LogP contribution is -2.19. The molecule has 0 atom stereocenters. The van der Waals surface area contributed by atoms with Crippen LogP contribution < -0.4 is 11.1 Å². The fourth-order valence-corrected chi connectivity index (χ4v) is 4.31. The van der Waals surface area contributed by atoms with Crippen molar-refractivity contribution in [3.63, 3.8) is 0 Å². The zero-order valence-corrected chi connectivity index (χ0v) is 16.6. The largest absolute Gasteiger partial charge is 0.398 e. The molecule has 0 aliphatic heterocycles. The first-order chi connectivity index (χ1) is 14.1. The van der Waals surface area contributed by atoms with Crippen LogP contribution in [0.3, 0.4) is 0 Å². The van der Waals surface area contributed by atoms with Crippen molar-refractivity contribution in [2.24, 2.45) is 0 Å². The number of non-ortho nitro benzene ring substituents is 1. The molecule has 3 aromatic carbocycles. The van der Waals surface area contributed by atoms with Crippen LogP contribution in [0.2, 0.25) is 5.02 Å². The van der Waals surface area contributed by atoms with Gasteiger partial charge in [0.05, 0.1) is 26.0 Å². The average molecular weight is 450 g/mol. The van der Waals surface area contributed by atoms with Crippen molar-refractivity contribution in [1.29, 1.82) is 0 Å². The fourth-order valence-electron chi connectivity index (χ4n) is 2.66. The molecule has 0 aliphatic rings. The molecule has 0 saturated heterocycles. The minimum absolute atomic E-state index is 0.117. The highest BCUT2D eigenvalue weighted by atomic mass is 35.5. The van der Waals surface area contributed by atoms with Gasteiger partial charge in [-0.25, -0.2) is 12.8 Å². The van der Waals surface area contributed by atoms with Crippen LogP contribution in [0, 0.1) is 15.9 Å². The first kappa shape index (κ1) is 21.2. The Kier molecular flexibility index (Phi) is 5.72. The summed E-state index contributed by atoms with van der Waals surface area (Å²) in [5.74, 6) is -1.76. The van der Waals surface area contributed by atoms with Crippen LogP contribution in [0.5, 0.6) is 0 Å². The number of carbonyl (C=O) groups excluding carboxylic acids is 1. The van der Waals surface area contributed by atoms with Crippen molar-refractivity contribution in [3.8, 4) is 0 Å². The number of rotatable bonds is 5. The SMILES string of the molecule is Nc1cccc(S(=O)(=O)c2ccc([N+](=O)[O-])cc2)c1C(=O)Nc1ccc(Cl)cc1F. The average Bonchev–Trinajstić information content (AvgIpc) is 2.69. The van der Waals surface area contributed by atoms with Gasteiger partial charge in [-0.15, -0.1) is 0 Å². The van der Waals surface area contributed by atoms with E-state index in [2.05, 4.69) is 5.32 Å². The number of nitrogens with zero attached hydrogens (tertiary/aromatic N) is 1. The number of nitrogen functional groups attached to an aromatic ring is 1. The third kappa shape index (κ3) is 4.09. The maximum atomic E-state index is 14.0. The van der Waals surface area contributed by atoms with Gasteiger partial charge in [-0.3, -0.25) is 14.9 Å². The second-order valence-corrected chi connectivity index (χ2v) is 8.41. The van der Waals surface area contributed by atoms with Crippen LogP contribution in [-0.4, -0.2) is 19.2 Å². The summed E-state index contributed by atoms with van der Waals surface area (Å²) < 4.78 is 40.1. The quantitative estimate of drug-likeness (QED) is 0.343. The number of amides is 1. The number of sulfone groups is 1. The monoisotopic (exact) mass is 449 g/mol. The Labute approximate surface area is 175 Å². The molecule has 0 aromatic heterocycles. The number of halogens is 2. The maximum Gasteiger partial charge on any atom is 0.269 e. The Balaban J connectivity index is 2.05. The van der Waals surface area contributed by atoms with Crippen LogP contribution in [0.4, 0.5) is 21.5 Å². The topological polar surface area (TPSA) is 132 Å². The number of nitrogens with one attached hydrogen (secondary N) is 1. The third-order valence-electron chi connectivity index (χ3n) is 4.11. The minimum atomic E-state index is -4.27. The van der Waals surface area contributed by atoms with E-state index in [9.17, 15) is 27.7 Å². The molecule has 3 rings (SSSR count). The van der Waals surface area contributed by atoms with E-state index >= 15 is 0 Å². The lowest BCUT2D eigenvalue weighted by Gasteiger charge is -2.14. The number of nitro benzene ring substituents is 1. The zero-order valence-electron chi connectivity index (χ0n) is 15.0. The van der Waals surface area contributed by atoms with Gasteiger partial charge < -0.3 is 11.1 Å². The maximum absolute atomic E-state index is 14.0. The molecule has 0 heterocycles. The Morgan fingerprint density at radius 1 is 1.10 bits per heavy atom. The predicted octanol–water partition coefficient (Wildman–Crippen LogP) is 4.05. The molecule has 0 fully saturated rings. The molecule has 3 N–H and O–H groups in total. The zero-order chi connectivity index (χ0) is 22.1. The molecule has 0 bridgehead atoms. The molecule has 11 heteroatoms. The molecular weight excluding hydrogens is 437 g/mol. The molecule has 0 spiro atoms. The Hall–Kier alpha value is -3.50. The van der Waals surface area contributed by atoms with Crippen molar-refractivity contribution in [1.82, 2.24) is 0 Å². The van der Waals surface area contributed by atoms with Crippen molar-refractivity contribution < 1.29 is 22.5 Å². The molecule has 154 valence electrons. The van der Waals surface area contributed by atoms with Gasteiger partial charge in [-0.1, -0.05) is 17.7 Å². The van der Waals surface area contributed by atoms with Crippen molar-refractivity contribution in [2.45, 2.75) is 9.79 Å². The van der Waals surface area contributed by atoms with Gasteiger partial charge in [0.1, 0.15) is 5.82 Å². The lowest BCUT2D eigenvalue weighted by molar-refractivity contribution is -0.384. The molecule has 0 unspecified atom stereocenters. The minimum Gasteiger partial charge on any atom is -0.398 e. The first-order valence-electron chi connectivity index (χ1n) is 8.25. The van der Waals surface area contributed by atoms with E-state index in [4.69, 9.17) is 17.3 Å². The Morgan fingerprint density at radius 3 is 2.37 bits per heavy atom. The van der Waals surface area contributed by atoms with Gasteiger partial charge in [0, 0.05) is 22.8 Å². The van der Waals surface area contributed by atoms with Crippen LogP contribution in [0.25, 0.3) is 0 Å². The van der Waals surface area contributed by atoms with E-state index in [0.717, 1.165) is 30.3 Å². The standard InChI is InChI=1S/C19H13ClFN3O5S/c20-11-4-9-16(14(21)10-11)23-19(25)18-15(22)2-1-3-17(18)30(28,29)13-7-5-12(6-8-13)24(26)27/h1-10H,22H2,(H,23,25). The van der Waals surface area contributed by atoms with Gasteiger partial charge in [0.2, 0.25) is 9.84 Å². The van der Waals surface area contributed by atoms with Crippen molar-refractivity contribution >= 4 is 44.4 Å². The summed E-state index contributed by atoms with van der Waals surface area (Å²) in [7, 11) is -4.27. The second kappa shape index (κ2) is 8.09. The molecule has 1 amide bonds. The van der Waals surface area contributed by atoms with E-state index in [1.54, 1.807) is 0 Å². The molecule has 0 radical (unpaired) electrons. The number of nitro groups is 1. The summed E-state index contributed by atoms with van der Waals surface area (Å²) in [6.45, 7) is 0. The van der Waals surface area contributed by atoms with Crippen LogP contribution in [0.1, 0.15) is 10.4 Å². The van der Waals surface area contributed by atoms with E-state index in [1.165, 1.54) is 30.3 Å². The van der Waals surface area contributed by atoms with E-state index < -0.39 is 31.4 Å². The van der Waals surface area contributed by atoms with Crippen molar-refractivity contribution in [2.75, 3.05) is 11.1 Å². The highest BCUT2D eigenvalue weighted by Gasteiger charge is 2.27. The Morgan fingerprint density at radius 2 is 1.77 bits per heavy atom. The second-order valence-electron chi connectivity index (χ2n) is 6.05. The van der Waals surface area contributed by atoms with E-state index in [-0.39, 0.29) is 32.5 Å². The van der Waals surface area contributed by atoms with Gasteiger partial charge in [-0.05, 0) is 42.5 Å². The van der Waals surface area contributed by atoms with Gasteiger partial charge in [0.15, 0.2) is 0 Å². The Bertz CT molecular complexity index is 1260. The third-order valence-corrected chi connectivity index (χ3v) is 6.16. The van der Waals surface area contributed by atoms with Gasteiger partial charge in [-0.2, -0.15) is 0 Å². The number of nitrogens with two attached hydrogens (primary N) is 1. The normalized spacial score (nSPS) is 11.1. The molecular formula is C19H13ClFN3O5S. The highest BCUT2D eigenvalue weighted by molar-refractivity contribution is 7.91. The number of carbonyl (C=O) groups is 1. The van der Waals surface area contributed by atoms with Crippen LogP contribution >= 0.6 is 11.6 Å². The summed E-state index contributed by atoms with van der Waals surface area (Å²) in [6, 6.07) is 11.6. The molecule has 8 nitrogen and oxygen atoms in total. The number of hydrogen-bond acceptors (Lipinski definition) is 6. The molecule has 0 aliphatic carbocycles. The highest BCUT2D eigenvalue weighted by Crippen LogP contribution is 2.30. The number of benzene rings is 3.